The maximum atomic E-state index is 11.0. The summed E-state index contributed by atoms with van der Waals surface area (Å²) in [5.74, 6) is -0.0490. The standard InChI is InChI=1S/C12H13NO2/c1-2-11(14)8-9-12(13-15)10-6-4-3-5-7-10/h2-7,15H,1,8-9H2/b13-12+. The van der Waals surface area contributed by atoms with Gasteiger partial charge in [0.15, 0.2) is 5.78 Å². The zero-order chi connectivity index (χ0) is 11.1. The van der Waals surface area contributed by atoms with E-state index < -0.39 is 0 Å². The highest BCUT2D eigenvalue weighted by Gasteiger charge is 2.05. The molecule has 0 saturated carbocycles. The van der Waals surface area contributed by atoms with Crippen molar-refractivity contribution in [1.29, 1.82) is 0 Å². The van der Waals surface area contributed by atoms with E-state index in [1.807, 2.05) is 30.3 Å². The minimum absolute atomic E-state index is 0.0490. The minimum atomic E-state index is -0.0490. The summed E-state index contributed by atoms with van der Waals surface area (Å²) in [6.45, 7) is 3.39. The van der Waals surface area contributed by atoms with Crippen molar-refractivity contribution in [3.8, 4) is 0 Å². The van der Waals surface area contributed by atoms with Crippen molar-refractivity contribution in [1.82, 2.24) is 0 Å². The predicted octanol–water partition coefficient (Wildman–Crippen LogP) is 2.40. The SMILES string of the molecule is C=CC(=O)CC/C(=N\O)c1ccccc1. The molecule has 1 N–H and O–H groups in total. The molecule has 1 aromatic carbocycles. The summed E-state index contributed by atoms with van der Waals surface area (Å²) in [4.78, 5) is 11.0. The third kappa shape index (κ3) is 3.38. The van der Waals surface area contributed by atoms with Crippen LogP contribution in [0, 0.1) is 0 Å². The third-order valence-electron chi connectivity index (χ3n) is 2.06. The molecule has 15 heavy (non-hydrogen) atoms. The van der Waals surface area contributed by atoms with Gasteiger partial charge in [0.2, 0.25) is 0 Å². The quantitative estimate of drug-likeness (QED) is 0.346. The summed E-state index contributed by atoms with van der Waals surface area (Å²) in [5, 5.41) is 12.0. The van der Waals surface area contributed by atoms with Crippen LogP contribution >= 0.6 is 0 Å². The Kier molecular flexibility index (Phi) is 4.29. The number of carbonyl (C=O) groups is 1. The fraction of sp³-hybridized carbons (Fsp3) is 0.167. The van der Waals surface area contributed by atoms with Gasteiger partial charge in [0, 0.05) is 12.8 Å². The zero-order valence-corrected chi connectivity index (χ0v) is 8.39. The first-order chi connectivity index (χ1) is 7.27. The lowest BCUT2D eigenvalue weighted by atomic mass is 10.0. The average Bonchev–Trinajstić information content (AvgIpc) is 2.31. The van der Waals surface area contributed by atoms with Crippen LogP contribution in [0.1, 0.15) is 18.4 Å². The number of benzene rings is 1. The molecule has 3 nitrogen and oxygen atoms in total. The second kappa shape index (κ2) is 5.75. The molecule has 0 saturated heterocycles. The van der Waals surface area contributed by atoms with Gasteiger partial charge < -0.3 is 5.21 Å². The summed E-state index contributed by atoms with van der Waals surface area (Å²) in [6, 6.07) is 9.28. The number of hydrogen-bond donors (Lipinski definition) is 1. The summed E-state index contributed by atoms with van der Waals surface area (Å²) < 4.78 is 0. The fourth-order valence-electron chi connectivity index (χ4n) is 1.23. The van der Waals surface area contributed by atoms with Crippen LogP contribution in [0.25, 0.3) is 0 Å². The summed E-state index contributed by atoms with van der Waals surface area (Å²) in [5.41, 5.74) is 1.35. The van der Waals surface area contributed by atoms with Crippen LogP contribution in [0.4, 0.5) is 0 Å². The molecule has 3 heteroatoms. The highest BCUT2D eigenvalue weighted by molar-refractivity contribution is 6.02. The van der Waals surface area contributed by atoms with Gasteiger partial charge in [-0.15, -0.1) is 0 Å². The molecule has 1 aromatic rings. The van der Waals surface area contributed by atoms with Gasteiger partial charge in [0.1, 0.15) is 0 Å². The molecule has 78 valence electrons. The number of ketones is 1. The maximum Gasteiger partial charge on any atom is 0.155 e. The van der Waals surface area contributed by atoms with Crippen LogP contribution in [0.3, 0.4) is 0 Å². The van der Waals surface area contributed by atoms with Gasteiger partial charge in [-0.2, -0.15) is 0 Å². The average molecular weight is 203 g/mol. The van der Waals surface area contributed by atoms with Gasteiger partial charge in [-0.1, -0.05) is 42.1 Å². The van der Waals surface area contributed by atoms with Crippen molar-refractivity contribution in [2.45, 2.75) is 12.8 Å². The number of carbonyl (C=O) groups excluding carboxylic acids is 1. The molecule has 0 aliphatic rings. The Morgan fingerprint density at radius 1 is 1.33 bits per heavy atom. The van der Waals surface area contributed by atoms with Crippen molar-refractivity contribution in [3.05, 3.63) is 48.6 Å². The van der Waals surface area contributed by atoms with E-state index in [1.54, 1.807) is 0 Å². The molecule has 0 aliphatic carbocycles. The van der Waals surface area contributed by atoms with Crippen LogP contribution in [0.5, 0.6) is 0 Å². The van der Waals surface area contributed by atoms with Crippen LogP contribution in [0.15, 0.2) is 48.1 Å². The van der Waals surface area contributed by atoms with Gasteiger partial charge in [-0.05, 0) is 11.6 Å². The van der Waals surface area contributed by atoms with Crippen LogP contribution < -0.4 is 0 Å². The van der Waals surface area contributed by atoms with Gasteiger partial charge in [-0.25, -0.2) is 0 Å². The second-order valence-electron chi connectivity index (χ2n) is 3.08. The van der Waals surface area contributed by atoms with E-state index >= 15 is 0 Å². The van der Waals surface area contributed by atoms with Crippen molar-refractivity contribution in [2.24, 2.45) is 5.16 Å². The van der Waals surface area contributed by atoms with Crippen molar-refractivity contribution in [3.63, 3.8) is 0 Å². The summed E-state index contributed by atoms with van der Waals surface area (Å²) in [6.07, 6.45) is 2.02. The number of rotatable bonds is 5. The monoisotopic (exact) mass is 203 g/mol. The molecule has 0 heterocycles. The Balaban J connectivity index is 2.66. The van der Waals surface area contributed by atoms with Crippen molar-refractivity contribution in [2.75, 3.05) is 0 Å². The highest BCUT2D eigenvalue weighted by Crippen LogP contribution is 2.06. The van der Waals surface area contributed by atoms with Gasteiger partial charge in [0.05, 0.1) is 5.71 Å². The summed E-state index contributed by atoms with van der Waals surface area (Å²) in [7, 11) is 0. The Morgan fingerprint density at radius 3 is 2.53 bits per heavy atom. The van der Waals surface area contributed by atoms with Gasteiger partial charge in [0.25, 0.3) is 0 Å². The first-order valence-electron chi connectivity index (χ1n) is 4.69. The molecule has 0 aromatic heterocycles. The van der Waals surface area contributed by atoms with Crippen LogP contribution in [-0.2, 0) is 4.79 Å². The molecule has 1 rings (SSSR count). The molecular weight excluding hydrogens is 190 g/mol. The van der Waals surface area contributed by atoms with E-state index in [0.717, 1.165) is 5.56 Å². The minimum Gasteiger partial charge on any atom is -0.411 e. The number of allylic oxidation sites excluding steroid dienone is 1. The lowest BCUT2D eigenvalue weighted by Crippen LogP contribution is -2.04. The van der Waals surface area contributed by atoms with Gasteiger partial charge >= 0.3 is 0 Å². The van der Waals surface area contributed by atoms with E-state index in [-0.39, 0.29) is 5.78 Å². The first-order valence-corrected chi connectivity index (χ1v) is 4.69. The maximum absolute atomic E-state index is 11.0. The highest BCUT2D eigenvalue weighted by atomic mass is 16.4. The smallest absolute Gasteiger partial charge is 0.155 e. The van der Waals surface area contributed by atoms with E-state index in [4.69, 9.17) is 5.21 Å². The van der Waals surface area contributed by atoms with Gasteiger partial charge in [-0.3, -0.25) is 4.79 Å². The lowest BCUT2D eigenvalue weighted by molar-refractivity contribution is -0.114. The number of hydrogen-bond acceptors (Lipinski definition) is 3. The molecule has 0 atom stereocenters. The van der Waals surface area contributed by atoms with Crippen molar-refractivity contribution < 1.29 is 10.0 Å². The van der Waals surface area contributed by atoms with Crippen LogP contribution in [-0.4, -0.2) is 16.7 Å². The predicted molar refractivity (Wildman–Crippen MR) is 59.2 cm³/mol. The molecule has 0 fully saturated rings. The Bertz CT molecular complexity index is 368. The normalized spacial score (nSPS) is 11.1. The van der Waals surface area contributed by atoms with Crippen LogP contribution in [0.2, 0.25) is 0 Å². The fourth-order valence-corrected chi connectivity index (χ4v) is 1.23. The third-order valence-corrected chi connectivity index (χ3v) is 2.06. The zero-order valence-electron chi connectivity index (χ0n) is 8.39. The Morgan fingerprint density at radius 2 is 2.00 bits per heavy atom. The lowest BCUT2D eigenvalue weighted by Gasteiger charge is -2.02. The molecule has 0 spiro atoms. The van der Waals surface area contributed by atoms with E-state index in [2.05, 4.69) is 11.7 Å². The van der Waals surface area contributed by atoms with E-state index in [0.29, 0.717) is 18.6 Å². The number of nitrogens with zero attached hydrogens (tertiary/aromatic N) is 1. The number of oxime groups is 1. The largest absolute Gasteiger partial charge is 0.411 e. The van der Waals surface area contributed by atoms with Crippen molar-refractivity contribution >= 4 is 11.5 Å². The van der Waals surface area contributed by atoms with E-state index in [1.165, 1.54) is 6.08 Å². The molecule has 0 bridgehead atoms. The molecule has 0 amide bonds. The topological polar surface area (TPSA) is 49.7 Å². The molecule has 0 radical (unpaired) electrons. The molecular formula is C12H13NO2. The molecule has 0 unspecified atom stereocenters. The van der Waals surface area contributed by atoms with E-state index in [9.17, 15) is 4.79 Å². The molecule has 0 aliphatic heterocycles. The first kappa shape index (κ1) is 11.2. The second-order valence-corrected chi connectivity index (χ2v) is 3.08. The Labute approximate surface area is 88.7 Å². The summed E-state index contributed by atoms with van der Waals surface area (Å²) >= 11 is 0. The Hall–Kier alpha value is -1.90.